The normalized spacial score (nSPS) is 13.8. The van der Waals surface area contributed by atoms with Gasteiger partial charge >= 0.3 is 0 Å². The van der Waals surface area contributed by atoms with Crippen LogP contribution in [0.3, 0.4) is 0 Å². The van der Waals surface area contributed by atoms with E-state index in [0.29, 0.717) is 37.8 Å². The summed E-state index contributed by atoms with van der Waals surface area (Å²) in [6.45, 7) is 1.54. The maximum Gasteiger partial charge on any atom is 0.262 e. The highest BCUT2D eigenvalue weighted by atomic mass is 32.2. The van der Waals surface area contributed by atoms with Gasteiger partial charge in [-0.3, -0.25) is 14.2 Å². The van der Waals surface area contributed by atoms with Gasteiger partial charge in [0.1, 0.15) is 17.2 Å². The summed E-state index contributed by atoms with van der Waals surface area (Å²) in [7, 11) is -3.92. The van der Waals surface area contributed by atoms with Crippen molar-refractivity contribution < 1.29 is 40.6 Å². The van der Waals surface area contributed by atoms with E-state index in [-0.39, 0.29) is 38.4 Å². The number of benzene rings is 3. The van der Waals surface area contributed by atoms with Crippen molar-refractivity contribution in [2.75, 3.05) is 57.1 Å². The number of ether oxygens (including phenoxy) is 4. The van der Waals surface area contributed by atoms with Crippen molar-refractivity contribution in [3.63, 3.8) is 0 Å². The van der Waals surface area contributed by atoms with Gasteiger partial charge in [0.15, 0.2) is 0 Å². The Morgan fingerprint density at radius 2 is 1.35 bits per heavy atom. The first-order chi connectivity index (χ1) is 19.1. The minimum atomic E-state index is -4.14. The molecule has 214 valence electrons. The summed E-state index contributed by atoms with van der Waals surface area (Å²) in [5.41, 5.74) is 0.399. The Morgan fingerprint density at radius 1 is 0.750 bits per heavy atom. The molecule has 1 fully saturated rings. The first-order valence-electron chi connectivity index (χ1n) is 12.0. The van der Waals surface area contributed by atoms with Crippen molar-refractivity contribution in [2.45, 2.75) is 9.79 Å². The van der Waals surface area contributed by atoms with Crippen LogP contribution in [-0.2, 0) is 24.8 Å². The number of carbonyl (C=O) groups is 1. The number of hydrogen-bond acceptors (Lipinski definition) is 9. The molecular formula is C26H29N3O9S2. The maximum atomic E-state index is 13.2. The molecule has 0 aromatic heterocycles. The van der Waals surface area contributed by atoms with E-state index in [1.807, 2.05) is 0 Å². The van der Waals surface area contributed by atoms with Crippen LogP contribution >= 0.6 is 0 Å². The van der Waals surface area contributed by atoms with E-state index in [9.17, 15) is 21.6 Å². The van der Waals surface area contributed by atoms with Crippen LogP contribution in [0.15, 0.2) is 70.5 Å². The van der Waals surface area contributed by atoms with Crippen LogP contribution in [0.1, 0.15) is 10.4 Å². The van der Waals surface area contributed by atoms with Crippen molar-refractivity contribution in [3.8, 4) is 17.2 Å². The average Bonchev–Trinajstić information content (AvgIpc) is 2.96. The molecule has 0 radical (unpaired) electrons. The van der Waals surface area contributed by atoms with Gasteiger partial charge in [0, 0.05) is 24.8 Å². The first kappa shape index (κ1) is 29.0. The third-order valence-electron chi connectivity index (χ3n) is 6.08. The third-order valence-corrected chi connectivity index (χ3v) is 8.84. The fourth-order valence-corrected chi connectivity index (χ4v) is 6.12. The lowest BCUT2D eigenvalue weighted by molar-refractivity contribution is 0.0300. The number of carbonyl (C=O) groups excluding carboxylic acids is 1. The second-order valence-electron chi connectivity index (χ2n) is 8.57. The molecule has 1 amide bonds. The Bertz CT molecular complexity index is 1590. The summed E-state index contributed by atoms with van der Waals surface area (Å²) in [5.74, 6) is 0.591. The fourth-order valence-electron chi connectivity index (χ4n) is 3.97. The van der Waals surface area contributed by atoms with Crippen LogP contribution in [0.2, 0.25) is 0 Å². The minimum absolute atomic E-state index is 0.104. The van der Waals surface area contributed by atoms with Crippen molar-refractivity contribution in [2.24, 2.45) is 0 Å². The zero-order valence-corrected chi connectivity index (χ0v) is 23.7. The number of amides is 1. The lowest BCUT2D eigenvalue weighted by Gasteiger charge is -2.27. The lowest BCUT2D eigenvalue weighted by atomic mass is 10.1. The number of hydrogen-bond donors (Lipinski definition) is 2. The number of sulfonamides is 2. The van der Waals surface area contributed by atoms with Crippen LogP contribution in [0.25, 0.3) is 0 Å². The number of nitrogens with zero attached hydrogens (tertiary/aromatic N) is 1. The molecule has 2 N–H and O–H groups in total. The second kappa shape index (κ2) is 12.0. The van der Waals surface area contributed by atoms with Crippen LogP contribution in [-0.4, -0.2) is 75.3 Å². The number of rotatable bonds is 10. The monoisotopic (exact) mass is 591 g/mol. The minimum Gasteiger partial charge on any atom is -0.497 e. The molecule has 0 bridgehead atoms. The second-order valence-corrected chi connectivity index (χ2v) is 11.9. The van der Waals surface area contributed by atoms with Gasteiger partial charge in [0.05, 0.1) is 55.6 Å². The van der Waals surface area contributed by atoms with E-state index in [0.717, 1.165) is 0 Å². The smallest absolute Gasteiger partial charge is 0.262 e. The van der Waals surface area contributed by atoms with Gasteiger partial charge in [-0.25, -0.2) is 16.8 Å². The summed E-state index contributed by atoms with van der Waals surface area (Å²) in [6.07, 6.45) is 0. The molecule has 14 heteroatoms. The maximum absolute atomic E-state index is 13.2. The van der Waals surface area contributed by atoms with Crippen molar-refractivity contribution >= 4 is 37.3 Å². The molecule has 3 aromatic carbocycles. The standard InChI is InChI=1S/C26H29N3O9S2/c1-35-19-6-10-25(37-3)23(16-19)28-39(31,32)20-7-4-18(5-8-20)27-40(33,34)21-9-11-24(36-2)22(17-21)26(30)29-12-14-38-15-13-29/h4-11,16-17,27-28H,12-15H2,1-3H3. The van der Waals surface area contributed by atoms with E-state index in [4.69, 9.17) is 18.9 Å². The van der Waals surface area contributed by atoms with Crippen LogP contribution < -0.4 is 23.7 Å². The first-order valence-corrected chi connectivity index (χ1v) is 15.0. The molecule has 0 spiro atoms. The van der Waals surface area contributed by atoms with E-state index in [1.165, 1.54) is 69.9 Å². The highest BCUT2D eigenvalue weighted by Crippen LogP contribution is 2.31. The summed E-state index contributed by atoms with van der Waals surface area (Å²) in [6, 6.07) is 13.8. The summed E-state index contributed by atoms with van der Waals surface area (Å²) >= 11 is 0. The van der Waals surface area contributed by atoms with Gasteiger partial charge in [0.25, 0.3) is 26.0 Å². The van der Waals surface area contributed by atoms with Crippen LogP contribution in [0.5, 0.6) is 17.2 Å². The van der Waals surface area contributed by atoms with Crippen LogP contribution in [0.4, 0.5) is 11.4 Å². The molecule has 0 atom stereocenters. The Kier molecular flexibility index (Phi) is 8.71. The molecule has 12 nitrogen and oxygen atoms in total. The zero-order chi connectivity index (χ0) is 28.9. The number of morpholine rings is 1. The predicted molar refractivity (Wildman–Crippen MR) is 147 cm³/mol. The molecule has 0 saturated carbocycles. The molecule has 1 heterocycles. The third kappa shape index (κ3) is 6.41. The number of methoxy groups -OCH3 is 3. The zero-order valence-electron chi connectivity index (χ0n) is 22.0. The Hall–Kier alpha value is -4.01. The molecule has 1 saturated heterocycles. The number of anilines is 2. The molecular weight excluding hydrogens is 562 g/mol. The van der Waals surface area contributed by atoms with Crippen molar-refractivity contribution in [1.29, 1.82) is 0 Å². The SMILES string of the molecule is COc1ccc(OC)c(NS(=O)(=O)c2ccc(NS(=O)(=O)c3ccc(OC)c(C(=O)N4CCOCC4)c3)cc2)c1. The predicted octanol–water partition coefficient (Wildman–Crippen LogP) is 2.79. The Labute approximate surface area is 232 Å². The topological polar surface area (TPSA) is 150 Å². The molecule has 40 heavy (non-hydrogen) atoms. The summed E-state index contributed by atoms with van der Waals surface area (Å²) in [5, 5.41) is 0. The molecule has 1 aliphatic rings. The van der Waals surface area contributed by atoms with Gasteiger partial charge in [-0.05, 0) is 54.6 Å². The fraction of sp³-hybridized carbons (Fsp3) is 0.269. The van der Waals surface area contributed by atoms with Crippen molar-refractivity contribution in [1.82, 2.24) is 4.90 Å². The molecule has 0 aliphatic carbocycles. The average molecular weight is 592 g/mol. The molecule has 3 aromatic rings. The molecule has 4 rings (SSSR count). The Morgan fingerprint density at radius 3 is 1.98 bits per heavy atom. The Balaban J connectivity index is 1.54. The molecule has 1 aliphatic heterocycles. The summed E-state index contributed by atoms with van der Waals surface area (Å²) in [4.78, 5) is 14.4. The van der Waals surface area contributed by atoms with E-state index < -0.39 is 20.0 Å². The van der Waals surface area contributed by atoms with Gasteiger partial charge in [0.2, 0.25) is 0 Å². The summed E-state index contributed by atoms with van der Waals surface area (Å²) < 4.78 is 78.1. The largest absolute Gasteiger partial charge is 0.497 e. The van der Waals surface area contributed by atoms with E-state index in [1.54, 1.807) is 17.0 Å². The van der Waals surface area contributed by atoms with E-state index >= 15 is 0 Å². The molecule has 0 unspecified atom stereocenters. The van der Waals surface area contributed by atoms with Gasteiger partial charge in [-0.15, -0.1) is 0 Å². The van der Waals surface area contributed by atoms with Gasteiger partial charge in [-0.1, -0.05) is 0 Å². The van der Waals surface area contributed by atoms with Crippen LogP contribution in [0, 0.1) is 0 Å². The lowest BCUT2D eigenvalue weighted by Crippen LogP contribution is -2.40. The van der Waals surface area contributed by atoms with Gasteiger partial charge in [-0.2, -0.15) is 0 Å². The quantitative estimate of drug-likeness (QED) is 0.363. The highest BCUT2D eigenvalue weighted by molar-refractivity contribution is 7.93. The van der Waals surface area contributed by atoms with Gasteiger partial charge < -0.3 is 23.8 Å². The highest BCUT2D eigenvalue weighted by Gasteiger charge is 2.25. The van der Waals surface area contributed by atoms with Crippen molar-refractivity contribution in [3.05, 3.63) is 66.2 Å². The van der Waals surface area contributed by atoms with E-state index in [2.05, 4.69) is 9.44 Å². The number of nitrogens with one attached hydrogen (secondary N) is 2.